The summed E-state index contributed by atoms with van der Waals surface area (Å²) in [5.41, 5.74) is 0. The van der Waals surface area contributed by atoms with Gasteiger partial charge in [-0.15, -0.1) is 0 Å². The number of hydrogen-bond donors (Lipinski definition) is 0. The highest BCUT2D eigenvalue weighted by atomic mass is 16.5. The van der Waals surface area contributed by atoms with E-state index in [-0.39, 0.29) is 35.7 Å². The van der Waals surface area contributed by atoms with Crippen LogP contribution in [0.5, 0.6) is 0 Å². The zero-order valence-corrected chi connectivity index (χ0v) is 17.4. The summed E-state index contributed by atoms with van der Waals surface area (Å²) in [6, 6.07) is 0. The standard InChI is InChI=1S/C23H34O5/c1-4-5-8-11-20(28-18(2)24)16-14-19-15-17-22(25)21(19)12-9-6-7-10-13-23(26)27-3/h6,9,14-17,19-21H,4-5,7-8,10-13H2,1-3H3/b9-6-,16-14-/t19-,20+,21-/m1/s1. The molecule has 28 heavy (non-hydrogen) atoms. The first-order valence-corrected chi connectivity index (χ1v) is 10.3. The minimum atomic E-state index is -0.282. The highest BCUT2D eigenvalue weighted by Gasteiger charge is 2.27. The SMILES string of the molecule is CCCCC[C@@H](/C=C\[C@@H]1C=CC(=O)[C@@H]1C/C=C\CCCC(=O)OC)OC(C)=O. The van der Waals surface area contributed by atoms with Gasteiger partial charge in [0.15, 0.2) is 5.78 Å². The molecule has 0 aliphatic heterocycles. The fourth-order valence-electron chi connectivity index (χ4n) is 3.21. The van der Waals surface area contributed by atoms with E-state index in [4.69, 9.17) is 4.74 Å². The van der Waals surface area contributed by atoms with E-state index >= 15 is 0 Å². The Morgan fingerprint density at radius 3 is 2.68 bits per heavy atom. The van der Waals surface area contributed by atoms with Gasteiger partial charge in [0.2, 0.25) is 0 Å². The molecule has 0 saturated heterocycles. The zero-order valence-electron chi connectivity index (χ0n) is 17.4. The number of ether oxygens (including phenoxy) is 2. The highest BCUT2D eigenvalue weighted by molar-refractivity contribution is 5.95. The first-order chi connectivity index (χ1) is 13.5. The van der Waals surface area contributed by atoms with E-state index in [9.17, 15) is 14.4 Å². The first-order valence-electron chi connectivity index (χ1n) is 10.3. The van der Waals surface area contributed by atoms with Gasteiger partial charge in [-0.25, -0.2) is 0 Å². The molecule has 0 N–H and O–H groups in total. The van der Waals surface area contributed by atoms with Crippen molar-refractivity contribution < 1.29 is 23.9 Å². The van der Waals surface area contributed by atoms with Crippen LogP contribution < -0.4 is 0 Å². The quantitative estimate of drug-likeness (QED) is 0.259. The average molecular weight is 391 g/mol. The van der Waals surface area contributed by atoms with Crippen LogP contribution in [0.15, 0.2) is 36.5 Å². The van der Waals surface area contributed by atoms with Gasteiger partial charge < -0.3 is 9.47 Å². The zero-order chi connectivity index (χ0) is 20.8. The van der Waals surface area contributed by atoms with Crippen molar-refractivity contribution >= 4 is 17.7 Å². The Balaban J connectivity index is 2.53. The Bertz CT molecular complexity index is 588. The Hall–Kier alpha value is -2.17. The second-order valence-corrected chi connectivity index (χ2v) is 7.15. The van der Waals surface area contributed by atoms with Crippen LogP contribution in [-0.2, 0) is 23.9 Å². The van der Waals surface area contributed by atoms with Crippen molar-refractivity contribution in [2.75, 3.05) is 7.11 Å². The molecule has 0 unspecified atom stereocenters. The highest BCUT2D eigenvalue weighted by Crippen LogP contribution is 2.28. The van der Waals surface area contributed by atoms with E-state index in [1.54, 1.807) is 6.08 Å². The average Bonchev–Trinajstić information content (AvgIpc) is 3.01. The number of unbranched alkanes of at least 4 members (excludes halogenated alkanes) is 3. The van der Waals surface area contributed by atoms with Crippen LogP contribution in [0.2, 0.25) is 0 Å². The van der Waals surface area contributed by atoms with E-state index in [0.717, 1.165) is 38.5 Å². The summed E-state index contributed by atoms with van der Waals surface area (Å²) in [7, 11) is 1.39. The third kappa shape index (κ3) is 9.67. The molecule has 5 heteroatoms. The number of rotatable bonds is 13. The van der Waals surface area contributed by atoms with E-state index in [1.165, 1.54) is 14.0 Å². The normalized spacial score (nSPS) is 20.2. The van der Waals surface area contributed by atoms with E-state index in [1.807, 2.05) is 30.4 Å². The van der Waals surface area contributed by atoms with Crippen LogP contribution in [0.4, 0.5) is 0 Å². The maximum Gasteiger partial charge on any atom is 0.305 e. The van der Waals surface area contributed by atoms with Crippen molar-refractivity contribution in [2.24, 2.45) is 11.8 Å². The van der Waals surface area contributed by atoms with Crippen molar-refractivity contribution in [1.82, 2.24) is 0 Å². The third-order valence-electron chi connectivity index (χ3n) is 4.81. The number of hydrogen-bond acceptors (Lipinski definition) is 5. The number of esters is 2. The van der Waals surface area contributed by atoms with E-state index in [0.29, 0.717) is 12.8 Å². The third-order valence-corrected chi connectivity index (χ3v) is 4.81. The maximum atomic E-state index is 12.2. The summed E-state index contributed by atoms with van der Waals surface area (Å²) in [5.74, 6) is -0.437. The van der Waals surface area contributed by atoms with E-state index < -0.39 is 0 Å². The maximum absolute atomic E-state index is 12.2. The molecule has 0 amide bonds. The number of allylic oxidation sites excluding steroid dienone is 5. The first kappa shape index (κ1) is 23.9. The molecule has 0 aromatic carbocycles. The molecule has 0 saturated carbocycles. The fraction of sp³-hybridized carbons (Fsp3) is 0.609. The van der Waals surface area contributed by atoms with Crippen molar-refractivity contribution in [2.45, 2.75) is 71.3 Å². The molecule has 0 radical (unpaired) electrons. The van der Waals surface area contributed by atoms with Gasteiger partial charge in [-0.2, -0.15) is 0 Å². The minimum Gasteiger partial charge on any atom is -0.469 e. The summed E-state index contributed by atoms with van der Waals surface area (Å²) in [6.45, 7) is 3.56. The molecule has 0 spiro atoms. The lowest BCUT2D eigenvalue weighted by molar-refractivity contribution is -0.144. The van der Waals surface area contributed by atoms with Crippen LogP contribution in [0.1, 0.15) is 65.2 Å². The molecule has 1 aliphatic carbocycles. The molecule has 1 rings (SSSR count). The van der Waals surface area contributed by atoms with Crippen molar-refractivity contribution in [3.8, 4) is 0 Å². The lowest BCUT2D eigenvalue weighted by atomic mass is 9.90. The van der Waals surface area contributed by atoms with Crippen LogP contribution in [0.3, 0.4) is 0 Å². The summed E-state index contributed by atoms with van der Waals surface area (Å²) in [5, 5.41) is 0. The summed E-state index contributed by atoms with van der Waals surface area (Å²) in [4.78, 5) is 34.6. The Labute approximate surface area is 168 Å². The van der Waals surface area contributed by atoms with Gasteiger partial charge in [-0.05, 0) is 44.3 Å². The lowest BCUT2D eigenvalue weighted by Gasteiger charge is -2.16. The minimum absolute atomic E-state index is 0.0245. The molecule has 0 fully saturated rings. The van der Waals surface area contributed by atoms with Crippen LogP contribution >= 0.6 is 0 Å². The molecule has 5 nitrogen and oxygen atoms in total. The number of carbonyl (C=O) groups excluding carboxylic acids is 3. The van der Waals surface area contributed by atoms with Gasteiger partial charge in [0.25, 0.3) is 0 Å². The number of ketones is 1. The monoisotopic (exact) mass is 390 g/mol. The second kappa shape index (κ2) is 13.9. The van der Waals surface area contributed by atoms with Crippen molar-refractivity contribution in [1.29, 1.82) is 0 Å². The van der Waals surface area contributed by atoms with Crippen LogP contribution in [-0.4, -0.2) is 30.9 Å². The van der Waals surface area contributed by atoms with Gasteiger partial charge >= 0.3 is 11.9 Å². The Morgan fingerprint density at radius 2 is 2.00 bits per heavy atom. The molecule has 0 bridgehead atoms. The second-order valence-electron chi connectivity index (χ2n) is 7.15. The summed E-state index contributed by atoms with van der Waals surface area (Å²) < 4.78 is 10.00. The number of carbonyl (C=O) groups is 3. The molecular formula is C23H34O5. The largest absolute Gasteiger partial charge is 0.469 e. The molecule has 3 atom stereocenters. The van der Waals surface area contributed by atoms with Gasteiger partial charge in [0.1, 0.15) is 6.10 Å². The van der Waals surface area contributed by atoms with Crippen molar-refractivity contribution in [3.63, 3.8) is 0 Å². The predicted octanol–water partition coefficient (Wildman–Crippen LogP) is 4.72. The Kier molecular flexibility index (Phi) is 11.9. The van der Waals surface area contributed by atoms with Crippen LogP contribution in [0.25, 0.3) is 0 Å². The predicted molar refractivity (Wildman–Crippen MR) is 110 cm³/mol. The van der Waals surface area contributed by atoms with Gasteiger partial charge in [-0.1, -0.05) is 44.1 Å². The molecular weight excluding hydrogens is 356 g/mol. The fourth-order valence-corrected chi connectivity index (χ4v) is 3.21. The van der Waals surface area contributed by atoms with Crippen molar-refractivity contribution in [3.05, 3.63) is 36.5 Å². The topological polar surface area (TPSA) is 69.7 Å². The molecule has 0 heterocycles. The van der Waals surface area contributed by atoms with Gasteiger partial charge in [-0.3, -0.25) is 14.4 Å². The summed E-state index contributed by atoms with van der Waals surface area (Å²) >= 11 is 0. The lowest BCUT2D eigenvalue weighted by Crippen LogP contribution is -2.16. The molecule has 1 aliphatic rings. The Morgan fingerprint density at radius 1 is 1.21 bits per heavy atom. The smallest absolute Gasteiger partial charge is 0.305 e. The van der Waals surface area contributed by atoms with E-state index in [2.05, 4.69) is 11.7 Å². The van der Waals surface area contributed by atoms with Gasteiger partial charge in [0.05, 0.1) is 7.11 Å². The molecule has 0 aromatic heterocycles. The summed E-state index contributed by atoms with van der Waals surface area (Å²) in [6.07, 6.45) is 17.9. The van der Waals surface area contributed by atoms with Gasteiger partial charge in [0, 0.05) is 25.2 Å². The van der Waals surface area contributed by atoms with Crippen LogP contribution in [0, 0.1) is 11.8 Å². The number of methoxy groups -OCH3 is 1. The molecule has 0 aromatic rings. The molecule has 156 valence electrons.